The fourth-order valence-corrected chi connectivity index (χ4v) is 3.43. The Morgan fingerprint density at radius 2 is 1.88 bits per heavy atom. The van der Waals surface area contributed by atoms with Crippen LogP contribution in [0.4, 0.5) is 10.1 Å². The Hall–Kier alpha value is -2.87. The Morgan fingerprint density at radius 3 is 2.58 bits per heavy atom. The summed E-state index contributed by atoms with van der Waals surface area (Å²) in [5.74, 6) is 0.267. The first kappa shape index (κ1) is 17.9. The van der Waals surface area contributed by atoms with Gasteiger partial charge in [-0.2, -0.15) is 5.10 Å². The highest BCUT2D eigenvalue weighted by atomic mass is 32.2. The summed E-state index contributed by atoms with van der Waals surface area (Å²) in [5.41, 5.74) is 0.770. The van der Waals surface area contributed by atoms with Crippen molar-refractivity contribution in [2.24, 2.45) is 0 Å². The van der Waals surface area contributed by atoms with Gasteiger partial charge in [0.25, 0.3) is 10.0 Å². The molecule has 0 amide bonds. The summed E-state index contributed by atoms with van der Waals surface area (Å²) in [6.45, 7) is 2.56. The summed E-state index contributed by atoms with van der Waals surface area (Å²) in [6.07, 6.45) is 2.89. The Kier molecular flexibility index (Phi) is 5.22. The van der Waals surface area contributed by atoms with Crippen molar-refractivity contribution in [2.45, 2.75) is 18.4 Å². The van der Waals surface area contributed by atoms with E-state index in [2.05, 4.69) is 9.82 Å². The quantitative estimate of drug-likeness (QED) is 0.688. The van der Waals surface area contributed by atoms with Gasteiger partial charge in [0.05, 0.1) is 29.9 Å². The monoisotopic (exact) mass is 375 g/mol. The van der Waals surface area contributed by atoms with E-state index in [-0.39, 0.29) is 17.3 Å². The van der Waals surface area contributed by atoms with Crippen LogP contribution in [-0.4, -0.2) is 24.8 Å². The molecule has 26 heavy (non-hydrogen) atoms. The van der Waals surface area contributed by atoms with Gasteiger partial charge in [0.1, 0.15) is 11.6 Å². The third-order valence-electron chi connectivity index (χ3n) is 3.62. The van der Waals surface area contributed by atoms with E-state index in [0.29, 0.717) is 23.6 Å². The second-order valence-corrected chi connectivity index (χ2v) is 7.21. The number of halogens is 1. The summed E-state index contributed by atoms with van der Waals surface area (Å²) < 4.78 is 47.8. The molecule has 0 aliphatic carbocycles. The zero-order valence-electron chi connectivity index (χ0n) is 14.1. The van der Waals surface area contributed by atoms with Gasteiger partial charge in [0.15, 0.2) is 0 Å². The SMILES string of the molecule is CCOc1ccc(S(=O)(=O)Nc2cnn(Cc3ccccc3F)c2)cc1. The van der Waals surface area contributed by atoms with Crippen LogP contribution in [0.15, 0.2) is 65.8 Å². The topological polar surface area (TPSA) is 73.2 Å². The third-order valence-corrected chi connectivity index (χ3v) is 5.02. The zero-order chi connectivity index (χ0) is 18.6. The molecule has 3 aromatic rings. The molecule has 0 saturated heterocycles. The van der Waals surface area contributed by atoms with Gasteiger partial charge in [-0.1, -0.05) is 18.2 Å². The molecule has 0 radical (unpaired) electrons. The van der Waals surface area contributed by atoms with E-state index in [0.717, 1.165) is 0 Å². The average molecular weight is 375 g/mol. The number of nitrogens with zero attached hydrogens (tertiary/aromatic N) is 2. The maximum atomic E-state index is 13.7. The number of ether oxygens (including phenoxy) is 1. The molecule has 0 aliphatic rings. The van der Waals surface area contributed by atoms with Crippen molar-refractivity contribution in [3.8, 4) is 5.75 Å². The summed E-state index contributed by atoms with van der Waals surface area (Å²) in [4.78, 5) is 0.114. The normalized spacial score (nSPS) is 11.3. The minimum absolute atomic E-state index is 0.114. The van der Waals surface area contributed by atoms with Gasteiger partial charge in [-0.05, 0) is 37.3 Å². The fraction of sp³-hybridized carbons (Fsp3) is 0.167. The van der Waals surface area contributed by atoms with Crippen molar-refractivity contribution >= 4 is 15.7 Å². The van der Waals surface area contributed by atoms with E-state index < -0.39 is 10.0 Å². The van der Waals surface area contributed by atoms with Crippen molar-refractivity contribution in [1.29, 1.82) is 0 Å². The molecule has 3 rings (SSSR count). The van der Waals surface area contributed by atoms with Crippen LogP contribution in [0, 0.1) is 5.82 Å². The van der Waals surface area contributed by atoms with Gasteiger partial charge >= 0.3 is 0 Å². The molecule has 6 nitrogen and oxygen atoms in total. The molecular weight excluding hydrogens is 357 g/mol. The number of rotatable bonds is 7. The van der Waals surface area contributed by atoms with Crippen molar-refractivity contribution in [1.82, 2.24) is 9.78 Å². The van der Waals surface area contributed by atoms with Crippen LogP contribution >= 0.6 is 0 Å². The second-order valence-electron chi connectivity index (χ2n) is 5.53. The lowest BCUT2D eigenvalue weighted by molar-refractivity contribution is 0.340. The van der Waals surface area contributed by atoms with Gasteiger partial charge in [-0.25, -0.2) is 12.8 Å². The van der Waals surface area contributed by atoms with Crippen LogP contribution in [0.1, 0.15) is 12.5 Å². The van der Waals surface area contributed by atoms with Crippen LogP contribution in [0.5, 0.6) is 5.75 Å². The van der Waals surface area contributed by atoms with Crippen molar-refractivity contribution in [3.63, 3.8) is 0 Å². The number of anilines is 1. The molecule has 0 aliphatic heterocycles. The second kappa shape index (κ2) is 7.57. The standard InChI is InChI=1S/C18H18FN3O3S/c1-2-25-16-7-9-17(10-8-16)26(23,24)21-15-11-20-22(13-15)12-14-5-3-4-6-18(14)19/h3-11,13,21H,2,12H2,1H3. The minimum atomic E-state index is -3.75. The molecular formula is C18H18FN3O3S. The van der Waals surface area contributed by atoms with Crippen molar-refractivity contribution in [3.05, 3.63) is 72.3 Å². The number of benzene rings is 2. The number of aromatic nitrogens is 2. The van der Waals surface area contributed by atoms with E-state index in [1.807, 2.05) is 6.92 Å². The van der Waals surface area contributed by atoms with Crippen molar-refractivity contribution < 1.29 is 17.5 Å². The molecule has 0 bridgehead atoms. The van der Waals surface area contributed by atoms with Gasteiger partial charge in [-0.3, -0.25) is 9.40 Å². The maximum absolute atomic E-state index is 13.7. The molecule has 0 spiro atoms. The van der Waals surface area contributed by atoms with Crippen molar-refractivity contribution in [2.75, 3.05) is 11.3 Å². The molecule has 1 N–H and O–H groups in total. The van der Waals surface area contributed by atoms with Crippen LogP contribution in [-0.2, 0) is 16.6 Å². The van der Waals surface area contributed by atoms with Gasteiger partial charge in [0.2, 0.25) is 0 Å². The summed E-state index contributed by atoms with van der Waals surface area (Å²) in [7, 11) is -3.75. The van der Waals surface area contributed by atoms with Gasteiger partial charge < -0.3 is 4.74 Å². The number of hydrogen-bond acceptors (Lipinski definition) is 4. The summed E-state index contributed by atoms with van der Waals surface area (Å²) >= 11 is 0. The van der Waals surface area contributed by atoms with Crippen LogP contribution < -0.4 is 9.46 Å². The lowest BCUT2D eigenvalue weighted by atomic mass is 10.2. The number of hydrogen-bond donors (Lipinski definition) is 1. The predicted octanol–water partition coefficient (Wildman–Crippen LogP) is 3.27. The lowest BCUT2D eigenvalue weighted by Crippen LogP contribution is -2.12. The van der Waals surface area contributed by atoms with Gasteiger partial charge in [-0.15, -0.1) is 0 Å². The van der Waals surface area contributed by atoms with E-state index >= 15 is 0 Å². The van der Waals surface area contributed by atoms with E-state index in [1.54, 1.807) is 30.3 Å². The molecule has 2 aromatic carbocycles. The smallest absolute Gasteiger partial charge is 0.261 e. The van der Waals surface area contributed by atoms with Crippen LogP contribution in [0.2, 0.25) is 0 Å². The Labute approximate surface area is 151 Å². The molecule has 0 unspecified atom stereocenters. The first-order valence-corrected chi connectivity index (χ1v) is 9.48. The van der Waals surface area contributed by atoms with E-state index in [1.165, 1.54) is 35.3 Å². The molecule has 8 heteroatoms. The molecule has 1 aromatic heterocycles. The van der Waals surface area contributed by atoms with Crippen LogP contribution in [0.25, 0.3) is 0 Å². The molecule has 1 heterocycles. The number of nitrogens with one attached hydrogen (secondary N) is 1. The average Bonchev–Trinajstić information content (AvgIpc) is 3.04. The lowest BCUT2D eigenvalue weighted by Gasteiger charge is -2.07. The predicted molar refractivity (Wildman–Crippen MR) is 96.1 cm³/mol. The zero-order valence-corrected chi connectivity index (χ0v) is 14.9. The largest absolute Gasteiger partial charge is 0.494 e. The van der Waals surface area contributed by atoms with Gasteiger partial charge in [0, 0.05) is 11.8 Å². The van der Waals surface area contributed by atoms with E-state index in [9.17, 15) is 12.8 Å². The Balaban J connectivity index is 1.72. The summed E-state index contributed by atoms with van der Waals surface area (Å²) in [5, 5.41) is 4.07. The molecule has 0 fully saturated rings. The first-order valence-electron chi connectivity index (χ1n) is 7.99. The molecule has 0 saturated carbocycles. The maximum Gasteiger partial charge on any atom is 0.261 e. The highest BCUT2D eigenvalue weighted by Gasteiger charge is 2.15. The Morgan fingerprint density at radius 1 is 1.15 bits per heavy atom. The van der Waals surface area contributed by atoms with E-state index in [4.69, 9.17) is 4.74 Å². The minimum Gasteiger partial charge on any atom is -0.494 e. The first-order chi connectivity index (χ1) is 12.5. The Bertz CT molecular complexity index is 985. The molecule has 0 atom stereocenters. The van der Waals surface area contributed by atoms with Crippen LogP contribution in [0.3, 0.4) is 0 Å². The number of sulfonamides is 1. The summed E-state index contributed by atoms with van der Waals surface area (Å²) in [6, 6.07) is 12.5. The molecule has 136 valence electrons. The highest BCUT2D eigenvalue weighted by molar-refractivity contribution is 7.92. The third kappa shape index (κ3) is 4.20. The highest BCUT2D eigenvalue weighted by Crippen LogP contribution is 2.19. The fourth-order valence-electron chi connectivity index (χ4n) is 2.40.